The molecule has 2 heterocycles. The van der Waals surface area contributed by atoms with E-state index in [2.05, 4.69) is 20.7 Å². The van der Waals surface area contributed by atoms with Gasteiger partial charge in [0.15, 0.2) is 5.65 Å². The van der Waals surface area contributed by atoms with E-state index in [0.29, 0.717) is 5.69 Å². The summed E-state index contributed by atoms with van der Waals surface area (Å²) in [5, 5.41) is 10.7. The van der Waals surface area contributed by atoms with Crippen LogP contribution in [0, 0.1) is 18.7 Å². The molecular weight excluding hydrogens is 361 g/mol. The fraction of sp³-hybridized carbons (Fsp3) is 0.300. The van der Waals surface area contributed by atoms with Gasteiger partial charge in [-0.25, -0.2) is 9.37 Å². The van der Waals surface area contributed by atoms with E-state index in [0.717, 1.165) is 16.7 Å². The lowest BCUT2D eigenvalue weighted by Gasteiger charge is -2.21. The Morgan fingerprint density at radius 1 is 1.18 bits per heavy atom. The lowest BCUT2D eigenvalue weighted by molar-refractivity contribution is -0.118. The number of halogens is 1. The second-order valence-corrected chi connectivity index (χ2v) is 7.00. The van der Waals surface area contributed by atoms with Gasteiger partial charge in [0.05, 0.1) is 17.6 Å². The number of aromatic nitrogens is 3. The molecule has 3 rings (SSSR count). The Morgan fingerprint density at radius 3 is 2.50 bits per heavy atom. The van der Waals surface area contributed by atoms with Crippen molar-refractivity contribution in [2.45, 2.75) is 26.8 Å². The number of anilines is 1. The summed E-state index contributed by atoms with van der Waals surface area (Å²) in [5.74, 6) is -1.37. The lowest BCUT2D eigenvalue weighted by atomic mass is 10.0. The van der Waals surface area contributed by atoms with Crippen LogP contribution in [-0.2, 0) is 11.8 Å². The molecule has 0 aliphatic carbocycles. The van der Waals surface area contributed by atoms with E-state index in [1.807, 2.05) is 26.8 Å². The van der Waals surface area contributed by atoms with Crippen LogP contribution in [0.5, 0.6) is 0 Å². The van der Waals surface area contributed by atoms with Crippen LogP contribution in [0.3, 0.4) is 0 Å². The number of rotatable bonds is 5. The lowest BCUT2D eigenvalue weighted by Crippen LogP contribution is -2.47. The first-order valence-electron chi connectivity index (χ1n) is 8.93. The van der Waals surface area contributed by atoms with Crippen LogP contribution in [0.1, 0.15) is 29.9 Å². The number of amides is 2. The fourth-order valence-electron chi connectivity index (χ4n) is 2.96. The Kier molecular flexibility index (Phi) is 5.39. The minimum Gasteiger partial charge on any atom is -0.340 e. The molecule has 2 N–H and O–H groups in total. The number of nitrogens with zero attached hydrogens (tertiary/aromatic N) is 3. The van der Waals surface area contributed by atoms with Gasteiger partial charge in [0, 0.05) is 18.0 Å². The summed E-state index contributed by atoms with van der Waals surface area (Å²) in [6.45, 7) is 5.54. The maximum absolute atomic E-state index is 13.0. The molecular formula is C20H22FN5O2. The van der Waals surface area contributed by atoms with Gasteiger partial charge < -0.3 is 10.6 Å². The molecule has 0 saturated carbocycles. The van der Waals surface area contributed by atoms with Crippen LogP contribution in [0.4, 0.5) is 10.1 Å². The van der Waals surface area contributed by atoms with Crippen molar-refractivity contribution in [1.82, 2.24) is 20.1 Å². The SMILES string of the molecule is Cc1nn(C)c2ncc(NC(=O)[C@@H](NC(=O)c3ccc(F)cc3)C(C)C)cc12. The molecule has 0 saturated heterocycles. The van der Waals surface area contributed by atoms with E-state index < -0.39 is 17.8 Å². The van der Waals surface area contributed by atoms with Crippen molar-refractivity contribution in [3.63, 3.8) is 0 Å². The summed E-state index contributed by atoms with van der Waals surface area (Å²) in [5.41, 5.74) is 2.34. The summed E-state index contributed by atoms with van der Waals surface area (Å²) in [4.78, 5) is 29.5. The number of hydrogen-bond donors (Lipinski definition) is 2. The van der Waals surface area contributed by atoms with E-state index in [1.165, 1.54) is 24.3 Å². The Hall–Kier alpha value is -3.29. The highest BCUT2D eigenvalue weighted by atomic mass is 19.1. The normalized spacial score (nSPS) is 12.2. The summed E-state index contributed by atoms with van der Waals surface area (Å²) in [6.07, 6.45) is 1.56. The molecule has 7 nitrogen and oxygen atoms in total. The topological polar surface area (TPSA) is 88.9 Å². The zero-order valence-electron chi connectivity index (χ0n) is 16.2. The molecule has 0 aliphatic rings. The Labute approximate surface area is 162 Å². The van der Waals surface area contributed by atoms with Crippen molar-refractivity contribution >= 4 is 28.5 Å². The number of carbonyl (C=O) groups is 2. The summed E-state index contributed by atoms with van der Waals surface area (Å²) in [7, 11) is 1.81. The van der Waals surface area contributed by atoms with E-state index in [9.17, 15) is 14.0 Å². The standard InChI is InChI=1S/C20H22FN5O2/c1-11(2)17(24-19(27)13-5-7-14(21)8-6-13)20(28)23-15-9-16-12(3)25-26(4)18(16)22-10-15/h5-11,17H,1-4H3,(H,23,28)(H,24,27)/t17-/m0/s1. The van der Waals surface area contributed by atoms with Crippen molar-refractivity contribution in [3.8, 4) is 0 Å². The molecule has 28 heavy (non-hydrogen) atoms. The highest BCUT2D eigenvalue weighted by Crippen LogP contribution is 2.20. The third-order valence-corrected chi connectivity index (χ3v) is 4.47. The molecule has 0 radical (unpaired) electrons. The third-order valence-electron chi connectivity index (χ3n) is 4.47. The maximum atomic E-state index is 13.0. The highest BCUT2D eigenvalue weighted by molar-refractivity contribution is 6.01. The van der Waals surface area contributed by atoms with E-state index in [1.54, 1.807) is 17.9 Å². The Morgan fingerprint density at radius 2 is 1.86 bits per heavy atom. The number of aryl methyl sites for hydroxylation is 2. The predicted octanol–water partition coefficient (Wildman–Crippen LogP) is 2.81. The fourth-order valence-corrected chi connectivity index (χ4v) is 2.96. The van der Waals surface area contributed by atoms with Crippen molar-refractivity contribution in [2.24, 2.45) is 13.0 Å². The second-order valence-electron chi connectivity index (χ2n) is 7.00. The molecule has 0 spiro atoms. The van der Waals surface area contributed by atoms with Gasteiger partial charge in [-0.1, -0.05) is 13.8 Å². The first-order chi connectivity index (χ1) is 13.3. The van der Waals surface area contributed by atoms with Crippen LogP contribution < -0.4 is 10.6 Å². The van der Waals surface area contributed by atoms with E-state index in [-0.39, 0.29) is 17.4 Å². The minimum absolute atomic E-state index is 0.152. The molecule has 2 aromatic heterocycles. The largest absolute Gasteiger partial charge is 0.340 e. The minimum atomic E-state index is -0.761. The highest BCUT2D eigenvalue weighted by Gasteiger charge is 2.25. The molecule has 0 bridgehead atoms. The smallest absolute Gasteiger partial charge is 0.251 e. The summed E-state index contributed by atoms with van der Waals surface area (Å²) >= 11 is 0. The number of fused-ring (bicyclic) bond motifs is 1. The first kappa shape index (κ1) is 19.5. The molecule has 0 fully saturated rings. The number of pyridine rings is 1. The van der Waals surface area contributed by atoms with Gasteiger partial charge >= 0.3 is 0 Å². The summed E-state index contributed by atoms with van der Waals surface area (Å²) < 4.78 is 14.7. The van der Waals surface area contributed by atoms with E-state index in [4.69, 9.17) is 0 Å². The maximum Gasteiger partial charge on any atom is 0.251 e. The van der Waals surface area contributed by atoms with Crippen LogP contribution >= 0.6 is 0 Å². The van der Waals surface area contributed by atoms with Crippen molar-refractivity contribution in [3.05, 3.63) is 53.6 Å². The number of hydrogen-bond acceptors (Lipinski definition) is 4. The Bertz CT molecular complexity index is 1030. The van der Waals surface area contributed by atoms with Crippen molar-refractivity contribution < 1.29 is 14.0 Å². The number of nitrogens with one attached hydrogen (secondary N) is 2. The molecule has 1 atom stereocenters. The summed E-state index contributed by atoms with van der Waals surface area (Å²) in [6, 6.07) is 6.21. The quantitative estimate of drug-likeness (QED) is 0.709. The first-order valence-corrected chi connectivity index (χ1v) is 8.93. The number of carbonyl (C=O) groups excluding carboxylic acids is 2. The Balaban J connectivity index is 1.76. The van der Waals surface area contributed by atoms with Gasteiger partial charge in [-0.05, 0) is 43.2 Å². The monoisotopic (exact) mass is 383 g/mol. The molecule has 146 valence electrons. The van der Waals surface area contributed by atoms with Crippen LogP contribution in [-0.4, -0.2) is 32.6 Å². The van der Waals surface area contributed by atoms with Gasteiger partial charge in [-0.3, -0.25) is 14.3 Å². The van der Waals surface area contributed by atoms with E-state index >= 15 is 0 Å². The second kappa shape index (κ2) is 7.75. The average Bonchev–Trinajstić information content (AvgIpc) is 2.93. The van der Waals surface area contributed by atoms with Gasteiger partial charge in [-0.2, -0.15) is 5.10 Å². The zero-order chi connectivity index (χ0) is 20.4. The molecule has 2 amide bonds. The van der Waals surface area contributed by atoms with Crippen LogP contribution in [0.25, 0.3) is 11.0 Å². The molecule has 1 aromatic carbocycles. The average molecular weight is 383 g/mol. The van der Waals surface area contributed by atoms with Crippen LogP contribution in [0.2, 0.25) is 0 Å². The van der Waals surface area contributed by atoms with Crippen molar-refractivity contribution in [2.75, 3.05) is 5.32 Å². The van der Waals surface area contributed by atoms with Crippen LogP contribution in [0.15, 0.2) is 36.5 Å². The van der Waals surface area contributed by atoms with Gasteiger partial charge in [-0.15, -0.1) is 0 Å². The molecule has 0 aliphatic heterocycles. The molecule has 3 aromatic rings. The number of benzene rings is 1. The van der Waals surface area contributed by atoms with Crippen molar-refractivity contribution in [1.29, 1.82) is 0 Å². The van der Waals surface area contributed by atoms with Gasteiger partial charge in [0.2, 0.25) is 5.91 Å². The zero-order valence-corrected chi connectivity index (χ0v) is 16.2. The molecule has 0 unspecified atom stereocenters. The van der Waals surface area contributed by atoms with Gasteiger partial charge in [0.25, 0.3) is 5.91 Å². The van der Waals surface area contributed by atoms with Gasteiger partial charge in [0.1, 0.15) is 11.9 Å². The predicted molar refractivity (Wildman–Crippen MR) is 104 cm³/mol. The third kappa shape index (κ3) is 4.00. The molecule has 8 heteroatoms.